The fourth-order valence-electron chi connectivity index (χ4n) is 2.66. The average molecular weight is 445 g/mol. The molecule has 2 aromatic carbocycles. The first-order chi connectivity index (χ1) is 14.3. The Balaban J connectivity index is 1.77. The van der Waals surface area contributed by atoms with Gasteiger partial charge in [-0.1, -0.05) is 18.2 Å². The van der Waals surface area contributed by atoms with E-state index in [-0.39, 0.29) is 22.6 Å². The quantitative estimate of drug-likeness (QED) is 0.556. The zero-order valence-electron chi connectivity index (χ0n) is 16.4. The van der Waals surface area contributed by atoms with E-state index in [0.717, 1.165) is 0 Å². The van der Waals surface area contributed by atoms with Crippen molar-refractivity contribution in [3.05, 3.63) is 77.2 Å². The van der Waals surface area contributed by atoms with Gasteiger partial charge in [0.1, 0.15) is 5.00 Å². The molecule has 1 heterocycles. The SMILES string of the molecule is CCOC(=O)c1ccsc1NC(=O)c1ccc(S(=O)(=O)N(C)c2ccccc2)cc1. The smallest absolute Gasteiger partial charge is 0.341 e. The number of carbonyl (C=O) groups excluding carboxylic acids is 2. The molecule has 0 saturated heterocycles. The predicted molar refractivity (Wildman–Crippen MR) is 117 cm³/mol. The second kappa shape index (κ2) is 9.10. The summed E-state index contributed by atoms with van der Waals surface area (Å²) in [6.45, 7) is 1.93. The summed E-state index contributed by atoms with van der Waals surface area (Å²) < 4.78 is 31.8. The highest BCUT2D eigenvalue weighted by Gasteiger charge is 2.22. The van der Waals surface area contributed by atoms with E-state index < -0.39 is 21.9 Å². The van der Waals surface area contributed by atoms with E-state index in [1.165, 1.54) is 47.0 Å². The van der Waals surface area contributed by atoms with Crippen LogP contribution in [0.5, 0.6) is 0 Å². The van der Waals surface area contributed by atoms with E-state index in [4.69, 9.17) is 4.74 Å². The molecular weight excluding hydrogens is 424 g/mol. The van der Waals surface area contributed by atoms with E-state index in [2.05, 4.69) is 5.32 Å². The summed E-state index contributed by atoms with van der Waals surface area (Å²) >= 11 is 1.20. The zero-order valence-corrected chi connectivity index (χ0v) is 18.0. The summed E-state index contributed by atoms with van der Waals surface area (Å²) in [6.07, 6.45) is 0. The molecule has 9 heteroatoms. The number of esters is 1. The number of amides is 1. The molecule has 0 aliphatic heterocycles. The first kappa shape index (κ1) is 21.5. The fraction of sp³-hybridized carbons (Fsp3) is 0.143. The summed E-state index contributed by atoms with van der Waals surface area (Å²) in [7, 11) is -2.29. The lowest BCUT2D eigenvalue weighted by atomic mass is 10.2. The van der Waals surface area contributed by atoms with E-state index >= 15 is 0 Å². The van der Waals surface area contributed by atoms with Crippen molar-refractivity contribution in [3.63, 3.8) is 0 Å². The van der Waals surface area contributed by atoms with Gasteiger partial charge in [0.2, 0.25) is 0 Å². The van der Waals surface area contributed by atoms with Crippen molar-refractivity contribution in [1.82, 2.24) is 0 Å². The number of nitrogens with zero attached hydrogens (tertiary/aromatic N) is 1. The van der Waals surface area contributed by atoms with E-state index in [9.17, 15) is 18.0 Å². The van der Waals surface area contributed by atoms with Gasteiger partial charge in [-0.05, 0) is 54.8 Å². The van der Waals surface area contributed by atoms with Crippen molar-refractivity contribution in [1.29, 1.82) is 0 Å². The van der Waals surface area contributed by atoms with Crippen molar-refractivity contribution in [2.45, 2.75) is 11.8 Å². The molecule has 1 N–H and O–H groups in total. The van der Waals surface area contributed by atoms with Crippen molar-refractivity contribution >= 4 is 43.9 Å². The lowest BCUT2D eigenvalue weighted by Crippen LogP contribution is -2.26. The third-order valence-electron chi connectivity index (χ3n) is 4.28. The molecule has 0 bridgehead atoms. The van der Waals surface area contributed by atoms with Gasteiger partial charge >= 0.3 is 5.97 Å². The van der Waals surface area contributed by atoms with Crippen LogP contribution < -0.4 is 9.62 Å². The molecule has 0 unspecified atom stereocenters. The highest BCUT2D eigenvalue weighted by atomic mass is 32.2. The van der Waals surface area contributed by atoms with Crippen LogP contribution in [0.4, 0.5) is 10.7 Å². The molecule has 156 valence electrons. The molecular formula is C21H20N2O5S2. The Bertz CT molecular complexity index is 1140. The molecule has 0 radical (unpaired) electrons. The molecule has 3 aromatic rings. The minimum absolute atomic E-state index is 0.0636. The maximum atomic E-state index is 12.8. The lowest BCUT2D eigenvalue weighted by molar-refractivity contribution is 0.0528. The van der Waals surface area contributed by atoms with Crippen LogP contribution in [0.1, 0.15) is 27.6 Å². The summed E-state index contributed by atoms with van der Waals surface area (Å²) in [6, 6.07) is 15.9. The van der Waals surface area contributed by atoms with Gasteiger partial charge in [0.25, 0.3) is 15.9 Å². The minimum atomic E-state index is -3.77. The number of rotatable bonds is 7. The van der Waals surface area contributed by atoms with Crippen LogP contribution in [-0.4, -0.2) is 33.9 Å². The fourth-order valence-corrected chi connectivity index (χ4v) is 4.63. The Morgan fingerprint density at radius 3 is 2.33 bits per heavy atom. The summed E-state index contributed by atoms with van der Waals surface area (Å²) in [5, 5.41) is 4.72. The number of carbonyl (C=O) groups is 2. The number of hydrogen-bond donors (Lipinski definition) is 1. The summed E-state index contributed by atoms with van der Waals surface area (Å²) in [5.74, 6) is -0.970. The molecule has 3 rings (SSSR count). The monoisotopic (exact) mass is 444 g/mol. The standard InChI is InChI=1S/C21H20N2O5S2/c1-3-28-21(25)18-13-14-29-20(18)22-19(24)15-9-11-17(12-10-15)30(26,27)23(2)16-7-5-4-6-8-16/h4-14H,3H2,1-2H3,(H,22,24). The second-order valence-corrected chi connectivity index (χ2v) is 9.06. The normalized spacial score (nSPS) is 11.0. The Morgan fingerprint density at radius 2 is 1.70 bits per heavy atom. The number of thiophene rings is 1. The van der Waals surface area contributed by atoms with Gasteiger partial charge in [0.05, 0.1) is 22.8 Å². The topological polar surface area (TPSA) is 92.8 Å². The molecule has 0 atom stereocenters. The van der Waals surface area contributed by atoms with Crippen LogP contribution in [0.15, 0.2) is 70.9 Å². The van der Waals surface area contributed by atoms with Crippen LogP contribution in [0, 0.1) is 0 Å². The third kappa shape index (κ3) is 4.52. The van der Waals surface area contributed by atoms with Crippen molar-refractivity contribution < 1.29 is 22.7 Å². The zero-order chi connectivity index (χ0) is 21.7. The van der Waals surface area contributed by atoms with Crippen molar-refractivity contribution in [2.24, 2.45) is 0 Å². The third-order valence-corrected chi connectivity index (χ3v) is 6.91. The summed E-state index contributed by atoms with van der Waals surface area (Å²) in [4.78, 5) is 24.6. The number of benzene rings is 2. The van der Waals surface area contributed by atoms with Gasteiger partial charge in [-0.3, -0.25) is 9.10 Å². The Kier molecular flexibility index (Phi) is 6.53. The largest absolute Gasteiger partial charge is 0.462 e. The minimum Gasteiger partial charge on any atom is -0.462 e. The number of anilines is 2. The Labute approximate surface area is 179 Å². The van der Waals surface area contributed by atoms with Crippen LogP contribution in [0.2, 0.25) is 0 Å². The van der Waals surface area contributed by atoms with Crippen molar-refractivity contribution in [3.8, 4) is 0 Å². The molecule has 30 heavy (non-hydrogen) atoms. The van der Waals surface area contributed by atoms with Crippen LogP contribution in [0.3, 0.4) is 0 Å². The van der Waals surface area contributed by atoms with Gasteiger partial charge in [-0.15, -0.1) is 11.3 Å². The van der Waals surface area contributed by atoms with Gasteiger partial charge in [0, 0.05) is 12.6 Å². The van der Waals surface area contributed by atoms with Gasteiger partial charge in [-0.2, -0.15) is 0 Å². The highest BCUT2D eigenvalue weighted by Crippen LogP contribution is 2.26. The van der Waals surface area contributed by atoms with E-state index in [0.29, 0.717) is 10.7 Å². The number of hydrogen-bond acceptors (Lipinski definition) is 6. The molecule has 0 spiro atoms. The van der Waals surface area contributed by atoms with Crippen LogP contribution >= 0.6 is 11.3 Å². The highest BCUT2D eigenvalue weighted by molar-refractivity contribution is 7.92. The number of nitrogens with one attached hydrogen (secondary N) is 1. The number of sulfonamides is 1. The van der Waals surface area contributed by atoms with Crippen LogP contribution in [-0.2, 0) is 14.8 Å². The molecule has 0 fully saturated rings. The maximum Gasteiger partial charge on any atom is 0.341 e. The number of para-hydroxylation sites is 1. The molecule has 7 nitrogen and oxygen atoms in total. The number of ether oxygens (including phenoxy) is 1. The van der Waals surface area contributed by atoms with E-state index in [1.807, 2.05) is 0 Å². The van der Waals surface area contributed by atoms with Crippen LogP contribution in [0.25, 0.3) is 0 Å². The van der Waals surface area contributed by atoms with Crippen molar-refractivity contribution in [2.75, 3.05) is 23.3 Å². The van der Waals surface area contributed by atoms with Gasteiger partial charge < -0.3 is 10.1 Å². The average Bonchev–Trinajstić information content (AvgIpc) is 3.22. The first-order valence-electron chi connectivity index (χ1n) is 9.04. The Morgan fingerprint density at radius 1 is 1.03 bits per heavy atom. The lowest BCUT2D eigenvalue weighted by Gasteiger charge is -2.19. The molecule has 0 aliphatic rings. The predicted octanol–water partition coefficient (Wildman–Crippen LogP) is 4.00. The van der Waals surface area contributed by atoms with Gasteiger partial charge in [0.15, 0.2) is 0 Å². The van der Waals surface area contributed by atoms with E-state index in [1.54, 1.807) is 48.7 Å². The molecule has 1 amide bonds. The molecule has 0 saturated carbocycles. The molecule has 0 aliphatic carbocycles. The molecule has 1 aromatic heterocycles. The second-order valence-electron chi connectivity index (χ2n) is 6.17. The Hall–Kier alpha value is -3.17. The first-order valence-corrected chi connectivity index (χ1v) is 11.4. The summed E-state index contributed by atoms with van der Waals surface area (Å²) in [5.41, 5.74) is 1.07. The van der Waals surface area contributed by atoms with Gasteiger partial charge in [-0.25, -0.2) is 13.2 Å². The maximum absolute atomic E-state index is 12.8.